The van der Waals surface area contributed by atoms with Crippen LogP contribution in [0.15, 0.2) is 0 Å². The molecule has 0 spiro atoms. The second-order valence-corrected chi connectivity index (χ2v) is 7.18. The second kappa shape index (κ2) is 5.64. The number of nitrogens with zero attached hydrogens (tertiary/aromatic N) is 1. The first kappa shape index (κ1) is 15.8. The maximum Gasteiger partial charge on any atom is 0.327 e. The minimum atomic E-state index is -0.503. The SMILES string of the molecule is CCC(C)(C)N(C)CC(NC1CC1)(C(=O)OC)C1CC1. The number of nitrogens with one attached hydrogen (secondary N) is 1. The van der Waals surface area contributed by atoms with Crippen molar-refractivity contribution in [3.05, 3.63) is 0 Å². The number of hydrogen-bond acceptors (Lipinski definition) is 4. The molecule has 0 aliphatic heterocycles. The van der Waals surface area contributed by atoms with E-state index in [1.807, 2.05) is 0 Å². The summed E-state index contributed by atoms with van der Waals surface area (Å²) in [6.45, 7) is 7.40. The van der Waals surface area contributed by atoms with Crippen LogP contribution >= 0.6 is 0 Å². The van der Waals surface area contributed by atoms with E-state index in [-0.39, 0.29) is 11.5 Å². The number of likely N-dealkylation sites (N-methyl/N-ethyl adjacent to an activating group) is 1. The van der Waals surface area contributed by atoms with Crippen molar-refractivity contribution in [3.8, 4) is 0 Å². The number of carbonyl (C=O) groups is 1. The highest BCUT2D eigenvalue weighted by molar-refractivity contribution is 5.82. The largest absolute Gasteiger partial charge is 0.468 e. The summed E-state index contributed by atoms with van der Waals surface area (Å²) in [6, 6.07) is 0.507. The third-order valence-corrected chi connectivity index (χ3v) is 5.25. The number of rotatable bonds is 8. The van der Waals surface area contributed by atoms with Crippen molar-refractivity contribution in [3.63, 3.8) is 0 Å². The van der Waals surface area contributed by atoms with Gasteiger partial charge >= 0.3 is 5.97 Å². The molecule has 0 amide bonds. The molecule has 20 heavy (non-hydrogen) atoms. The maximum absolute atomic E-state index is 12.5. The molecule has 2 aliphatic carbocycles. The molecular weight excluding hydrogens is 252 g/mol. The molecule has 2 saturated carbocycles. The number of esters is 1. The smallest absolute Gasteiger partial charge is 0.327 e. The maximum atomic E-state index is 12.5. The van der Waals surface area contributed by atoms with E-state index >= 15 is 0 Å². The average Bonchev–Trinajstić information content (AvgIpc) is 3.27. The van der Waals surface area contributed by atoms with Crippen molar-refractivity contribution in [1.82, 2.24) is 10.2 Å². The molecule has 2 aliphatic rings. The molecule has 1 N–H and O–H groups in total. The normalized spacial score (nSPS) is 22.7. The molecule has 0 aromatic rings. The van der Waals surface area contributed by atoms with Crippen molar-refractivity contribution in [2.45, 2.75) is 70.0 Å². The summed E-state index contributed by atoms with van der Waals surface area (Å²) in [5.41, 5.74) is -0.406. The van der Waals surface area contributed by atoms with E-state index in [1.165, 1.54) is 20.0 Å². The summed E-state index contributed by atoms with van der Waals surface area (Å²) in [7, 11) is 3.64. The van der Waals surface area contributed by atoms with Gasteiger partial charge in [-0.15, -0.1) is 0 Å². The minimum absolute atomic E-state index is 0.0781. The number of methoxy groups -OCH3 is 1. The van der Waals surface area contributed by atoms with E-state index in [0.717, 1.165) is 25.8 Å². The van der Waals surface area contributed by atoms with Crippen LogP contribution < -0.4 is 5.32 Å². The zero-order chi connectivity index (χ0) is 15.0. The number of hydrogen-bond donors (Lipinski definition) is 1. The van der Waals surface area contributed by atoms with Crippen molar-refractivity contribution in [2.24, 2.45) is 5.92 Å². The molecule has 0 radical (unpaired) electrons. The van der Waals surface area contributed by atoms with Crippen LogP contribution in [0.5, 0.6) is 0 Å². The van der Waals surface area contributed by atoms with Gasteiger partial charge in [0.2, 0.25) is 0 Å². The Balaban J connectivity index is 2.18. The molecule has 1 unspecified atom stereocenters. The highest BCUT2D eigenvalue weighted by Gasteiger charge is 2.55. The summed E-state index contributed by atoms with van der Waals surface area (Å²) in [6.07, 6.45) is 5.71. The van der Waals surface area contributed by atoms with E-state index < -0.39 is 5.54 Å². The third kappa shape index (κ3) is 3.17. The lowest BCUT2D eigenvalue weighted by Crippen LogP contribution is -2.63. The van der Waals surface area contributed by atoms with Gasteiger partial charge in [-0.3, -0.25) is 10.2 Å². The van der Waals surface area contributed by atoms with Gasteiger partial charge in [0.1, 0.15) is 5.54 Å². The predicted octanol–water partition coefficient (Wildman–Crippen LogP) is 2.18. The number of carbonyl (C=O) groups excluding carboxylic acids is 1. The van der Waals surface area contributed by atoms with E-state index in [4.69, 9.17) is 4.74 Å². The van der Waals surface area contributed by atoms with Gasteiger partial charge in [-0.2, -0.15) is 0 Å². The molecule has 2 rings (SSSR count). The topological polar surface area (TPSA) is 41.6 Å². The van der Waals surface area contributed by atoms with Crippen molar-refractivity contribution in [2.75, 3.05) is 20.7 Å². The first-order valence-electron chi connectivity index (χ1n) is 7.93. The highest BCUT2D eigenvalue weighted by Crippen LogP contribution is 2.43. The van der Waals surface area contributed by atoms with Gasteiger partial charge in [0, 0.05) is 18.1 Å². The van der Waals surface area contributed by atoms with E-state index in [0.29, 0.717) is 12.0 Å². The van der Waals surface area contributed by atoms with Crippen LogP contribution in [0.25, 0.3) is 0 Å². The fraction of sp³-hybridized carbons (Fsp3) is 0.938. The molecular formula is C16H30N2O2. The first-order chi connectivity index (χ1) is 9.35. The van der Waals surface area contributed by atoms with Gasteiger partial charge in [0.05, 0.1) is 7.11 Å². The van der Waals surface area contributed by atoms with Crippen LogP contribution in [-0.2, 0) is 9.53 Å². The van der Waals surface area contributed by atoms with Crippen LogP contribution in [0.2, 0.25) is 0 Å². The standard InChI is InChI=1S/C16H30N2O2/c1-6-15(2,3)18(4)11-16(12-7-8-12,14(19)20-5)17-13-9-10-13/h12-13,17H,6-11H2,1-5H3. The molecule has 0 heterocycles. The Morgan fingerprint density at radius 3 is 2.30 bits per heavy atom. The molecule has 4 heteroatoms. The van der Waals surface area contributed by atoms with Crippen molar-refractivity contribution >= 4 is 5.97 Å². The summed E-state index contributed by atoms with van der Waals surface area (Å²) in [5.74, 6) is 0.358. The number of ether oxygens (including phenoxy) is 1. The van der Waals surface area contributed by atoms with Gasteiger partial charge in [-0.25, -0.2) is 4.79 Å². The van der Waals surface area contributed by atoms with Crippen LogP contribution in [0.1, 0.15) is 52.9 Å². The second-order valence-electron chi connectivity index (χ2n) is 7.18. The fourth-order valence-corrected chi connectivity index (χ4v) is 2.79. The molecule has 4 nitrogen and oxygen atoms in total. The predicted molar refractivity (Wildman–Crippen MR) is 80.6 cm³/mol. The quantitative estimate of drug-likeness (QED) is 0.693. The van der Waals surface area contributed by atoms with E-state index in [9.17, 15) is 4.79 Å². The fourth-order valence-electron chi connectivity index (χ4n) is 2.79. The third-order valence-electron chi connectivity index (χ3n) is 5.25. The van der Waals surface area contributed by atoms with Gasteiger partial charge in [0.15, 0.2) is 0 Å². The molecule has 0 aromatic heterocycles. The molecule has 1 atom stereocenters. The first-order valence-corrected chi connectivity index (χ1v) is 7.93. The van der Waals surface area contributed by atoms with Gasteiger partial charge in [0.25, 0.3) is 0 Å². The van der Waals surface area contributed by atoms with Gasteiger partial charge in [-0.1, -0.05) is 6.92 Å². The highest BCUT2D eigenvalue weighted by atomic mass is 16.5. The zero-order valence-corrected chi connectivity index (χ0v) is 13.7. The van der Waals surface area contributed by atoms with Gasteiger partial charge < -0.3 is 4.74 Å². The minimum Gasteiger partial charge on any atom is -0.468 e. The van der Waals surface area contributed by atoms with Crippen LogP contribution in [0.4, 0.5) is 0 Å². The van der Waals surface area contributed by atoms with Crippen molar-refractivity contribution in [1.29, 1.82) is 0 Å². The van der Waals surface area contributed by atoms with Crippen LogP contribution in [-0.4, -0.2) is 48.7 Å². The molecule has 0 saturated heterocycles. The zero-order valence-electron chi connectivity index (χ0n) is 13.7. The van der Waals surface area contributed by atoms with E-state index in [2.05, 4.69) is 38.0 Å². The Kier molecular flexibility index (Phi) is 4.45. The average molecular weight is 282 g/mol. The Morgan fingerprint density at radius 2 is 1.90 bits per heavy atom. The lowest BCUT2D eigenvalue weighted by Gasteiger charge is -2.42. The van der Waals surface area contributed by atoms with Crippen LogP contribution in [0.3, 0.4) is 0 Å². The Hall–Kier alpha value is -0.610. The lowest BCUT2D eigenvalue weighted by atomic mass is 9.89. The Morgan fingerprint density at radius 1 is 1.30 bits per heavy atom. The van der Waals surface area contributed by atoms with E-state index in [1.54, 1.807) is 0 Å². The summed E-state index contributed by atoms with van der Waals surface area (Å²) >= 11 is 0. The molecule has 0 bridgehead atoms. The summed E-state index contributed by atoms with van der Waals surface area (Å²) < 4.78 is 5.16. The molecule has 116 valence electrons. The monoisotopic (exact) mass is 282 g/mol. The molecule has 0 aromatic carbocycles. The Labute approximate surface area is 123 Å². The summed E-state index contributed by atoms with van der Waals surface area (Å²) in [5, 5.41) is 3.63. The van der Waals surface area contributed by atoms with Crippen molar-refractivity contribution < 1.29 is 9.53 Å². The lowest BCUT2D eigenvalue weighted by molar-refractivity contribution is -0.151. The van der Waals surface area contributed by atoms with Crippen LogP contribution in [0, 0.1) is 5.92 Å². The Bertz CT molecular complexity index is 361. The summed E-state index contributed by atoms with van der Waals surface area (Å²) in [4.78, 5) is 14.8. The molecule has 2 fully saturated rings. The van der Waals surface area contributed by atoms with Gasteiger partial charge in [-0.05, 0) is 58.9 Å².